The predicted molar refractivity (Wildman–Crippen MR) is 84.2 cm³/mol. The molecule has 104 valence electrons. The molecule has 0 radical (unpaired) electrons. The fraction of sp³-hybridized carbons (Fsp3) is 0.533. The minimum atomic E-state index is 0.134. The third-order valence-electron chi connectivity index (χ3n) is 3.79. The van der Waals surface area contributed by atoms with Crippen LogP contribution in [0.2, 0.25) is 0 Å². The van der Waals surface area contributed by atoms with Gasteiger partial charge in [-0.05, 0) is 31.6 Å². The number of benzene rings is 1. The molecule has 4 heteroatoms. The smallest absolute Gasteiger partial charge is 0.168 e. The molecular formula is C15H23N3S. The van der Waals surface area contributed by atoms with Crippen molar-refractivity contribution in [3.8, 4) is 0 Å². The highest BCUT2D eigenvalue weighted by atomic mass is 32.1. The van der Waals surface area contributed by atoms with Crippen LogP contribution in [-0.2, 0) is 6.54 Å². The average Bonchev–Trinajstić information content (AvgIpc) is 2.41. The van der Waals surface area contributed by atoms with Gasteiger partial charge in [0.05, 0.1) is 0 Å². The fourth-order valence-corrected chi connectivity index (χ4v) is 2.77. The monoisotopic (exact) mass is 277 g/mol. The number of thiocarbonyl (C=S) groups is 1. The second-order valence-electron chi connectivity index (χ2n) is 5.70. The van der Waals surface area contributed by atoms with E-state index in [1.54, 1.807) is 0 Å². The highest BCUT2D eigenvalue weighted by molar-refractivity contribution is 7.80. The van der Waals surface area contributed by atoms with Gasteiger partial charge >= 0.3 is 0 Å². The summed E-state index contributed by atoms with van der Waals surface area (Å²) in [5, 5.41) is 3.93. The maximum atomic E-state index is 5.34. The van der Waals surface area contributed by atoms with Gasteiger partial charge in [-0.15, -0.1) is 0 Å². The molecule has 1 aromatic rings. The highest BCUT2D eigenvalue weighted by Crippen LogP contribution is 2.23. The minimum absolute atomic E-state index is 0.134. The Kier molecular flexibility index (Phi) is 4.42. The molecule has 1 fully saturated rings. The normalized spacial score (nSPS) is 19.2. The predicted octanol–water partition coefficient (Wildman–Crippen LogP) is 2.09. The second kappa shape index (κ2) is 5.88. The molecule has 3 nitrogen and oxygen atoms in total. The molecule has 0 spiro atoms. The zero-order chi connectivity index (χ0) is 13.9. The molecular weight excluding hydrogens is 254 g/mol. The lowest BCUT2D eigenvalue weighted by Gasteiger charge is -2.47. The van der Waals surface area contributed by atoms with Crippen molar-refractivity contribution in [3.63, 3.8) is 0 Å². The third-order valence-corrected chi connectivity index (χ3v) is 4.25. The summed E-state index contributed by atoms with van der Waals surface area (Å²) >= 11 is 5.34. The Morgan fingerprint density at radius 2 is 1.95 bits per heavy atom. The molecule has 19 heavy (non-hydrogen) atoms. The van der Waals surface area contributed by atoms with Crippen LogP contribution in [0.4, 0.5) is 0 Å². The molecule has 1 N–H and O–H groups in total. The van der Waals surface area contributed by atoms with Crippen LogP contribution in [0.1, 0.15) is 19.4 Å². The van der Waals surface area contributed by atoms with Gasteiger partial charge in [-0.1, -0.05) is 30.3 Å². The molecule has 0 atom stereocenters. The van der Waals surface area contributed by atoms with Crippen molar-refractivity contribution in [2.24, 2.45) is 0 Å². The lowest BCUT2D eigenvalue weighted by molar-refractivity contribution is 0.0422. The van der Waals surface area contributed by atoms with E-state index < -0.39 is 0 Å². The van der Waals surface area contributed by atoms with Gasteiger partial charge < -0.3 is 10.2 Å². The van der Waals surface area contributed by atoms with Crippen LogP contribution in [0.25, 0.3) is 0 Å². The minimum Gasteiger partial charge on any atom is -0.366 e. The van der Waals surface area contributed by atoms with Crippen molar-refractivity contribution in [3.05, 3.63) is 35.9 Å². The van der Waals surface area contributed by atoms with Gasteiger partial charge in [-0.2, -0.15) is 0 Å². The topological polar surface area (TPSA) is 18.5 Å². The summed E-state index contributed by atoms with van der Waals surface area (Å²) < 4.78 is 0. The van der Waals surface area contributed by atoms with E-state index in [9.17, 15) is 0 Å². The molecule has 0 aromatic heterocycles. The molecule has 0 aliphatic carbocycles. The van der Waals surface area contributed by atoms with Crippen LogP contribution in [-0.4, -0.2) is 47.1 Å². The van der Waals surface area contributed by atoms with Crippen molar-refractivity contribution in [1.82, 2.24) is 15.1 Å². The molecule has 1 saturated heterocycles. The number of nitrogens with zero attached hydrogens (tertiary/aromatic N) is 2. The van der Waals surface area contributed by atoms with E-state index in [4.69, 9.17) is 12.2 Å². The van der Waals surface area contributed by atoms with Crippen molar-refractivity contribution in [2.45, 2.75) is 25.9 Å². The molecule has 0 amide bonds. The maximum absolute atomic E-state index is 5.34. The van der Waals surface area contributed by atoms with E-state index >= 15 is 0 Å². The first kappa shape index (κ1) is 14.3. The zero-order valence-corrected chi connectivity index (χ0v) is 12.8. The van der Waals surface area contributed by atoms with Gasteiger partial charge in [-0.25, -0.2) is 0 Å². The lowest BCUT2D eigenvalue weighted by atomic mass is 9.98. The molecule has 0 bridgehead atoms. The van der Waals surface area contributed by atoms with E-state index in [0.29, 0.717) is 0 Å². The van der Waals surface area contributed by atoms with Crippen molar-refractivity contribution in [1.29, 1.82) is 0 Å². The van der Waals surface area contributed by atoms with Crippen molar-refractivity contribution in [2.75, 3.05) is 26.7 Å². The molecule has 1 aliphatic heterocycles. The highest BCUT2D eigenvalue weighted by Gasteiger charge is 2.34. The first-order valence-electron chi connectivity index (χ1n) is 6.78. The van der Waals surface area contributed by atoms with Crippen LogP contribution < -0.4 is 5.32 Å². The number of hydrogen-bond acceptors (Lipinski definition) is 2. The number of hydrogen-bond donors (Lipinski definition) is 1. The summed E-state index contributed by atoms with van der Waals surface area (Å²) in [6.07, 6.45) is 0. The summed E-state index contributed by atoms with van der Waals surface area (Å²) in [6, 6.07) is 10.7. The first-order valence-corrected chi connectivity index (χ1v) is 7.19. The third kappa shape index (κ3) is 3.45. The summed E-state index contributed by atoms with van der Waals surface area (Å²) in [6.45, 7) is 8.61. The quantitative estimate of drug-likeness (QED) is 0.834. The summed E-state index contributed by atoms with van der Waals surface area (Å²) in [7, 11) is 1.89. The van der Waals surface area contributed by atoms with Gasteiger partial charge in [-0.3, -0.25) is 4.90 Å². The van der Waals surface area contributed by atoms with Crippen molar-refractivity contribution >= 4 is 17.3 Å². The summed E-state index contributed by atoms with van der Waals surface area (Å²) in [5.41, 5.74) is 1.51. The van der Waals surface area contributed by atoms with Gasteiger partial charge in [0, 0.05) is 38.8 Å². The Bertz CT molecular complexity index is 430. The van der Waals surface area contributed by atoms with E-state index in [-0.39, 0.29) is 5.54 Å². The average molecular weight is 277 g/mol. The van der Waals surface area contributed by atoms with Gasteiger partial charge in [0.2, 0.25) is 0 Å². The van der Waals surface area contributed by atoms with E-state index in [1.165, 1.54) is 5.56 Å². The Hall–Kier alpha value is -1.13. The molecule has 1 aromatic carbocycles. The van der Waals surface area contributed by atoms with E-state index in [0.717, 1.165) is 31.3 Å². The summed E-state index contributed by atoms with van der Waals surface area (Å²) in [4.78, 5) is 4.80. The summed E-state index contributed by atoms with van der Waals surface area (Å²) in [5.74, 6) is 0. The standard InChI is InChI=1S/C15H23N3S/c1-15(2)12-17(14(19)16-3)9-10-18(15)11-13-7-5-4-6-8-13/h4-8H,9-12H2,1-3H3,(H,16,19). The van der Waals surface area contributed by atoms with Gasteiger partial charge in [0.15, 0.2) is 5.11 Å². The fourth-order valence-electron chi connectivity index (χ4n) is 2.62. The molecule has 1 heterocycles. The molecule has 0 saturated carbocycles. The molecule has 0 unspecified atom stereocenters. The van der Waals surface area contributed by atoms with Crippen LogP contribution in [0.5, 0.6) is 0 Å². The Morgan fingerprint density at radius 3 is 2.53 bits per heavy atom. The maximum Gasteiger partial charge on any atom is 0.168 e. The van der Waals surface area contributed by atoms with Gasteiger partial charge in [0.25, 0.3) is 0 Å². The van der Waals surface area contributed by atoms with Crippen LogP contribution >= 0.6 is 12.2 Å². The second-order valence-corrected chi connectivity index (χ2v) is 6.08. The van der Waals surface area contributed by atoms with Crippen LogP contribution in [0.3, 0.4) is 0 Å². The molecule has 2 rings (SSSR count). The van der Waals surface area contributed by atoms with Gasteiger partial charge in [0.1, 0.15) is 0 Å². The van der Waals surface area contributed by atoms with E-state index in [2.05, 4.69) is 59.3 Å². The Balaban J connectivity index is 2.02. The van der Waals surface area contributed by atoms with Crippen LogP contribution in [0, 0.1) is 0 Å². The SMILES string of the molecule is CNC(=S)N1CCN(Cc2ccccc2)C(C)(C)C1. The first-order chi connectivity index (χ1) is 9.03. The number of nitrogens with one attached hydrogen (secondary N) is 1. The zero-order valence-electron chi connectivity index (χ0n) is 12.0. The van der Waals surface area contributed by atoms with Crippen LogP contribution in [0.15, 0.2) is 30.3 Å². The van der Waals surface area contributed by atoms with E-state index in [1.807, 2.05) is 7.05 Å². The lowest BCUT2D eigenvalue weighted by Crippen LogP contribution is -2.61. The number of rotatable bonds is 2. The Morgan fingerprint density at radius 1 is 1.26 bits per heavy atom. The van der Waals surface area contributed by atoms with Crippen molar-refractivity contribution < 1.29 is 0 Å². The molecule has 1 aliphatic rings. The Labute approximate surface area is 121 Å². The number of piperazine rings is 1. The largest absolute Gasteiger partial charge is 0.366 e.